The number of hydrogen-bond acceptors (Lipinski definition) is 3. The van der Waals surface area contributed by atoms with Gasteiger partial charge in [0.2, 0.25) is 0 Å². The summed E-state index contributed by atoms with van der Waals surface area (Å²) >= 11 is 6.03. The zero-order valence-electron chi connectivity index (χ0n) is 10.8. The molecular weight excluding hydrogens is 264 g/mol. The average molecular weight is 279 g/mol. The van der Waals surface area contributed by atoms with Crippen LogP contribution in [0.2, 0.25) is 0 Å². The Morgan fingerprint density at radius 1 is 1.42 bits per heavy atom. The van der Waals surface area contributed by atoms with Crippen molar-refractivity contribution in [3.8, 4) is 0 Å². The van der Waals surface area contributed by atoms with Gasteiger partial charge < -0.3 is 9.84 Å². The standard InChI is InChI=1S/C14H15ClN2O2/c1-10-12(8-16-19-10)13(18)17-14(2,9-15)11-6-4-3-5-7-11/h3-8H,9H2,1-2H3,(H,17,18). The first-order chi connectivity index (χ1) is 9.07. The molecule has 1 aromatic heterocycles. The van der Waals surface area contributed by atoms with Crippen molar-refractivity contribution in [2.45, 2.75) is 19.4 Å². The van der Waals surface area contributed by atoms with E-state index < -0.39 is 5.54 Å². The molecule has 5 heteroatoms. The molecule has 0 spiro atoms. The van der Waals surface area contributed by atoms with Crippen LogP contribution < -0.4 is 5.32 Å². The molecule has 4 nitrogen and oxygen atoms in total. The molecule has 0 radical (unpaired) electrons. The molecule has 0 aliphatic carbocycles. The van der Waals surface area contributed by atoms with Crippen molar-refractivity contribution in [1.29, 1.82) is 0 Å². The molecule has 1 unspecified atom stereocenters. The predicted octanol–water partition coefficient (Wildman–Crippen LogP) is 2.87. The van der Waals surface area contributed by atoms with Gasteiger partial charge in [-0.2, -0.15) is 0 Å². The van der Waals surface area contributed by atoms with Gasteiger partial charge in [0.1, 0.15) is 11.3 Å². The van der Waals surface area contributed by atoms with Crippen LogP contribution in [0.5, 0.6) is 0 Å². The molecule has 1 N–H and O–H groups in total. The van der Waals surface area contributed by atoms with E-state index in [2.05, 4.69) is 10.5 Å². The number of amides is 1. The lowest BCUT2D eigenvalue weighted by atomic mass is 9.93. The third-order valence-corrected chi connectivity index (χ3v) is 3.60. The molecule has 0 aliphatic rings. The van der Waals surface area contributed by atoms with Gasteiger partial charge in [-0.1, -0.05) is 35.5 Å². The SMILES string of the molecule is Cc1oncc1C(=O)NC(C)(CCl)c1ccccc1. The van der Waals surface area contributed by atoms with Crippen molar-refractivity contribution in [2.24, 2.45) is 0 Å². The first-order valence-electron chi connectivity index (χ1n) is 5.92. The lowest BCUT2D eigenvalue weighted by Crippen LogP contribution is -2.45. The van der Waals surface area contributed by atoms with Crippen LogP contribution in [-0.2, 0) is 5.54 Å². The molecular formula is C14H15ClN2O2. The van der Waals surface area contributed by atoms with Crippen LogP contribution in [0.15, 0.2) is 41.1 Å². The Balaban J connectivity index is 2.25. The fraction of sp³-hybridized carbons (Fsp3) is 0.286. The molecule has 2 rings (SSSR count). The number of alkyl halides is 1. The second-order valence-corrected chi connectivity index (χ2v) is 4.85. The minimum Gasteiger partial charge on any atom is -0.361 e. The molecule has 100 valence electrons. The van der Waals surface area contributed by atoms with Crippen LogP contribution in [-0.4, -0.2) is 16.9 Å². The summed E-state index contributed by atoms with van der Waals surface area (Å²) in [5.74, 6) is 0.515. The summed E-state index contributed by atoms with van der Waals surface area (Å²) in [6, 6.07) is 9.62. The average Bonchev–Trinajstić information content (AvgIpc) is 2.86. The molecule has 1 atom stereocenters. The summed E-state index contributed by atoms with van der Waals surface area (Å²) in [4.78, 5) is 12.2. The van der Waals surface area contributed by atoms with Crippen molar-refractivity contribution >= 4 is 17.5 Å². The van der Waals surface area contributed by atoms with Crippen LogP contribution in [0.1, 0.15) is 28.6 Å². The number of carbonyl (C=O) groups excluding carboxylic acids is 1. The van der Waals surface area contributed by atoms with Crippen molar-refractivity contribution < 1.29 is 9.32 Å². The zero-order valence-corrected chi connectivity index (χ0v) is 11.6. The Bertz CT molecular complexity index is 568. The van der Waals surface area contributed by atoms with E-state index in [1.807, 2.05) is 37.3 Å². The highest BCUT2D eigenvalue weighted by Gasteiger charge is 2.29. The Morgan fingerprint density at radius 3 is 2.63 bits per heavy atom. The second-order valence-electron chi connectivity index (χ2n) is 4.58. The van der Waals surface area contributed by atoms with Gasteiger partial charge in [0, 0.05) is 5.88 Å². The molecule has 0 saturated heterocycles. The summed E-state index contributed by atoms with van der Waals surface area (Å²) in [7, 11) is 0. The largest absolute Gasteiger partial charge is 0.361 e. The summed E-state index contributed by atoms with van der Waals surface area (Å²) in [5.41, 5.74) is 0.739. The van der Waals surface area contributed by atoms with E-state index in [9.17, 15) is 4.79 Å². The summed E-state index contributed by atoms with van der Waals surface area (Å²) < 4.78 is 4.90. The fourth-order valence-electron chi connectivity index (χ4n) is 1.82. The van der Waals surface area contributed by atoms with E-state index in [1.54, 1.807) is 6.92 Å². The first kappa shape index (κ1) is 13.6. The van der Waals surface area contributed by atoms with Gasteiger partial charge in [-0.05, 0) is 19.4 Å². The Kier molecular flexibility index (Phi) is 3.90. The van der Waals surface area contributed by atoms with E-state index in [-0.39, 0.29) is 11.8 Å². The van der Waals surface area contributed by atoms with Gasteiger partial charge in [0.25, 0.3) is 5.91 Å². The summed E-state index contributed by atoms with van der Waals surface area (Å²) in [6.07, 6.45) is 1.41. The van der Waals surface area contributed by atoms with Crippen LogP contribution in [0.4, 0.5) is 0 Å². The molecule has 0 aliphatic heterocycles. The zero-order chi connectivity index (χ0) is 13.9. The predicted molar refractivity (Wildman–Crippen MR) is 73.2 cm³/mol. The first-order valence-corrected chi connectivity index (χ1v) is 6.45. The molecule has 0 fully saturated rings. The maximum atomic E-state index is 12.2. The molecule has 0 saturated carbocycles. The Labute approximate surface area is 116 Å². The summed E-state index contributed by atoms with van der Waals surface area (Å²) in [5, 5.41) is 6.53. The number of nitrogens with one attached hydrogen (secondary N) is 1. The van der Waals surface area contributed by atoms with Crippen LogP contribution >= 0.6 is 11.6 Å². The lowest BCUT2D eigenvalue weighted by Gasteiger charge is -2.29. The Hall–Kier alpha value is -1.81. The fourth-order valence-corrected chi connectivity index (χ4v) is 2.04. The van der Waals surface area contributed by atoms with Crippen LogP contribution in [0, 0.1) is 6.92 Å². The highest BCUT2D eigenvalue weighted by atomic mass is 35.5. The smallest absolute Gasteiger partial charge is 0.257 e. The topological polar surface area (TPSA) is 55.1 Å². The molecule has 0 bridgehead atoms. The lowest BCUT2D eigenvalue weighted by molar-refractivity contribution is 0.0911. The van der Waals surface area contributed by atoms with Crippen molar-refractivity contribution in [2.75, 3.05) is 5.88 Å². The van der Waals surface area contributed by atoms with Crippen molar-refractivity contribution in [1.82, 2.24) is 10.5 Å². The van der Waals surface area contributed by atoms with E-state index >= 15 is 0 Å². The quantitative estimate of drug-likeness (QED) is 0.875. The number of carbonyl (C=O) groups is 1. The van der Waals surface area contributed by atoms with E-state index in [1.165, 1.54) is 6.20 Å². The van der Waals surface area contributed by atoms with E-state index in [0.29, 0.717) is 11.3 Å². The maximum Gasteiger partial charge on any atom is 0.257 e. The number of benzene rings is 1. The minimum atomic E-state index is -0.635. The monoisotopic (exact) mass is 278 g/mol. The highest BCUT2D eigenvalue weighted by molar-refractivity contribution is 6.19. The van der Waals surface area contributed by atoms with Gasteiger partial charge in [-0.3, -0.25) is 4.79 Å². The number of halogens is 1. The number of nitrogens with zero attached hydrogens (tertiary/aromatic N) is 1. The van der Waals surface area contributed by atoms with Gasteiger partial charge in [-0.25, -0.2) is 0 Å². The normalized spacial score (nSPS) is 13.8. The van der Waals surface area contributed by atoms with E-state index in [4.69, 9.17) is 16.1 Å². The molecule has 19 heavy (non-hydrogen) atoms. The third-order valence-electron chi connectivity index (χ3n) is 3.06. The number of hydrogen-bond donors (Lipinski definition) is 1. The van der Waals surface area contributed by atoms with Crippen molar-refractivity contribution in [3.05, 3.63) is 53.4 Å². The highest BCUT2D eigenvalue weighted by Crippen LogP contribution is 2.23. The van der Waals surface area contributed by atoms with Gasteiger partial charge in [0.05, 0.1) is 11.7 Å². The molecule has 1 aromatic carbocycles. The van der Waals surface area contributed by atoms with Crippen LogP contribution in [0.3, 0.4) is 0 Å². The molecule has 1 amide bonds. The van der Waals surface area contributed by atoms with Gasteiger partial charge >= 0.3 is 0 Å². The Morgan fingerprint density at radius 2 is 2.11 bits per heavy atom. The number of aromatic nitrogens is 1. The third kappa shape index (κ3) is 2.79. The second kappa shape index (κ2) is 5.45. The van der Waals surface area contributed by atoms with Crippen LogP contribution in [0.25, 0.3) is 0 Å². The molecule has 2 aromatic rings. The summed E-state index contributed by atoms with van der Waals surface area (Å²) in [6.45, 7) is 3.58. The van der Waals surface area contributed by atoms with Gasteiger partial charge in [0.15, 0.2) is 0 Å². The van der Waals surface area contributed by atoms with Gasteiger partial charge in [-0.15, -0.1) is 11.6 Å². The molecule has 1 heterocycles. The van der Waals surface area contributed by atoms with E-state index in [0.717, 1.165) is 5.56 Å². The number of aryl methyl sites for hydroxylation is 1. The minimum absolute atomic E-state index is 0.245. The van der Waals surface area contributed by atoms with Crippen molar-refractivity contribution in [3.63, 3.8) is 0 Å². The maximum absolute atomic E-state index is 12.2. The number of rotatable bonds is 4.